The van der Waals surface area contributed by atoms with Gasteiger partial charge in [-0.25, -0.2) is 13.1 Å². The van der Waals surface area contributed by atoms with Crippen LogP contribution in [0.15, 0.2) is 33.6 Å². The molecule has 0 unspecified atom stereocenters. The van der Waals surface area contributed by atoms with Crippen LogP contribution in [0.25, 0.3) is 0 Å². The molecule has 0 atom stereocenters. The molecular formula is C15H22BrNO2S. The third-order valence-corrected chi connectivity index (χ3v) is 6.13. The third-order valence-electron chi connectivity index (χ3n) is 4.21. The van der Waals surface area contributed by atoms with Gasteiger partial charge in [0.15, 0.2) is 0 Å². The van der Waals surface area contributed by atoms with Crippen molar-refractivity contribution in [1.29, 1.82) is 0 Å². The zero-order valence-electron chi connectivity index (χ0n) is 11.8. The van der Waals surface area contributed by atoms with Gasteiger partial charge in [-0.05, 0) is 42.9 Å². The SMILES string of the molecule is CCC1CCC(CNS(=O)(=O)c2cccc(Br)c2)CC1. The minimum atomic E-state index is -3.38. The summed E-state index contributed by atoms with van der Waals surface area (Å²) in [5, 5.41) is 0. The van der Waals surface area contributed by atoms with Crippen LogP contribution in [0.1, 0.15) is 39.0 Å². The van der Waals surface area contributed by atoms with Crippen LogP contribution in [0.4, 0.5) is 0 Å². The summed E-state index contributed by atoms with van der Waals surface area (Å²) < 4.78 is 28.0. The van der Waals surface area contributed by atoms with Gasteiger partial charge in [-0.1, -0.05) is 48.2 Å². The van der Waals surface area contributed by atoms with E-state index < -0.39 is 10.0 Å². The molecular weight excluding hydrogens is 338 g/mol. The van der Waals surface area contributed by atoms with Crippen LogP contribution in [0.5, 0.6) is 0 Å². The van der Waals surface area contributed by atoms with Crippen molar-refractivity contribution < 1.29 is 8.42 Å². The summed E-state index contributed by atoms with van der Waals surface area (Å²) in [5.41, 5.74) is 0. The average Bonchev–Trinajstić information content (AvgIpc) is 2.46. The second-order valence-corrected chi connectivity index (χ2v) is 8.29. The van der Waals surface area contributed by atoms with Crippen molar-refractivity contribution >= 4 is 26.0 Å². The number of sulfonamides is 1. The van der Waals surface area contributed by atoms with Crippen LogP contribution >= 0.6 is 15.9 Å². The van der Waals surface area contributed by atoms with Crippen LogP contribution in [-0.2, 0) is 10.0 Å². The van der Waals surface area contributed by atoms with E-state index in [0.717, 1.165) is 23.2 Å². The number of hydrogen-bond donors (Lipinski definition) is 1. The minimum Gasteiger partial charge on any atom is -0.211 e. The summed E-state index contributed by atoms with van der Waals surface area (Å²) in [6.07, 6.45) is 6.00. The van der Waals surface area contributed by atoms with Gasteiger partial charge in [0.05, 0.1) is 4.90 Å². The van der Waals surface area contributed by atoms with Gasteiger partial charge in [0.1, 0.15) is 0 Å². The highest BCUT2D eigenvalue weighted by molar-refractivity contribution is 9.10. The fraction of sp³-hybridized carbons (Fsp3) is 0.600. The highest BCUT2D eigenvalue weighted by atomic mass is 79.9. The van der Waals surface area contributed by atoms with Gasteiger partial charge in [-0.3, -0.25) is 0 Å². The van der Waals surface area contributed by atoms with Gasteiger partial charge < -0.3 is 0 Å². The molecule has 0 radical (unpaired) electrons. The first kappa shape index (κ1) is 16.0. The molecule has 3 nitrogen and oxygen atoms in total. The normalized spacial score (nSPS) is 23.7. The third kappa shape index (κ3) is 4.30. The number of benzene rings is 1. The lowest BCUT2D eigenvalue weighted by atomic mass is 9.81. The van der Waals surface area contributed by atoms with Gasteiger partial charge in [0, 0.05) is 11.0 Å². The lowest BCUT2D eigenvalue weighted by molar-refractivity contribution is 0.270. The quantitative estimate of drug-likeness (QED) is 0.864. The van der Waals surface area contributed by atoms with Crippen molar-refractivity contribution in [3.63, 3.8) is 0 Å². The Balaban J connectivity index is 1.90. The molecule has 2 rings (SSSR count). The maximum atomic E-state index is 12.2. The smallest absolute Gasteiger partial charge is 0.211 e. The van der Waals surface area contributed by atoms with E-state index in [1.165, 1.54) is 19.3 Å². The second kappa shape index (κ2) is 7.05. The summed E-state index contributed by atoms with van der Waals surface area (Å²) in [6.45, 7) is 2.80. The second-order valence-electron chi connectivity index (χ2n) is 5.60. The van der Waals surface area contributed by atoms with Crippen molar-refractivity contribution in [3.05, 3.63) is 28.7 Å². The number of rotatable bonds is 5. The molecule has 0 aromatic heterocycles. The molecule has 1 fully saturated rings. The van der Waals surface area contributed by atoms with Crippen LogP contribution in [0, 0.1) is 11.8 Å². The van der Waals surface area contributed by atoms with Crippen molar-refractivity contribution in [1.82, 2.24) is 4.72 Å². The van der Waals surface area contributed by atoms with Crippen molar-refractivity contribution in [2.24, 2.45) is 11.8 Å². The predicted octanol–water partition coefficient (Wildman–Crippen LogP) is 3.94. The summed E-state index contributed by atoms with van der Waals surface area (Å²) in [6, 6.07) is 6.83. The first-order valence-electron chi connectivity index (χ1n) is 7.26. The zero-order chi connectivity index (χ0) is 14.6. The molecule has 0 amide bonds. The maximum Gasteiger partial charge on any atom is 0.240 e. The topological polar surface area (TPSA) is 46.2 Å². The van der Waals surface area contributed by atoms with Crippen LogP contribution < -0.4 is 4.72 Å². The number of hydrogen-bond acceptors (Lipinski definition) is 2. The Kier molecular flexibility index (Phi) is 5.64. The molecule has 0 heterocycles. The number of halogens is 1. The molecule has 112 valence electrons. The fourth-order valence-electron chi connectivity index (χ4n) is 2.79. The van der Waals surface area contributed by atoms with Crippen LogP contribution in [-0.4, -0.2) is 15.0 Å². The molecule has 0 bridgehead atoms. The summed E-state index contributed by atoms with van der Waals surface area (Å²) >= 11 is 3.30. The fourth-order valence-corrected chi connectivity index (χ4v) is 4.50. The Morgan fingerprint density at radius 1 is 1.20 bits per heavy atom. The molecule has 0 aliphatic heterocycles. The van der Waals surface area contributed by atoms with Crippen molar-refractivity contribution in [3.8, 4) is 0 Å². The van der Waals surface area contributed by atoms with Gasteiger partial charge >= 0.3 is 0 Å². The van der Waals surface area contributed by atoms with Gasteiger partial charge in [-0.2, -0.15) is 0 Å². The van der Waals surface area contributed by atoms with Crippen molar-refractivity contribution in [2.75, 3.05) is 6.54 Å². The van der Waals surface area contributed by atoms with E-state index in [0.29, 0.717) is 17.4 Å². The summed E-state index contributed by atoms with van der Waals surface area (Å²) in [7, 11) is -3.38. The Bertz CT molecular complexity index is 537. The average molecular weight is 360 g/mol. The molecule has 1 saturated carbocycles. The Hall–Kier alpha value is -0.390. The van der Waals surface area contributed by atoms with Gasteiger partial charge in [-0.15, -0.1) is 0 Å². The Morgan fingerprint density at radius 3 is 2.45 bits per heavy atom. The minimum absolute atomic E-state index is 0.328. The highest BCUT2D eigenvalue weighted by Gasteiger charge is 2.22. The standard InChI is InChI=1S/C15H22BrNO2S/c1-2-12-6-8-13(9-7-12)11-17-20(18,19)15-5-3-4-14(16)10-15/h3-5,10,12-13,17H,2,6-9,11H2,1H3. The Morgan fingerprint density at radius 2 is 1.85 bits per heavy atom. The highest BCUT2D eigenvalue weighted by Crippen LogP contribution is 2.30. The maximum absolute atomic E-state index is 12.2. The molecule has 0 saturated heterocycles. The Labute approximate surface area is 130 Å². The lowest BCUT2D eigenvalue weighted by Gasteiger charge is -2.27. The molecule has 5 heteroatoms. The van der Waals surface area contributed by atoms with Crippen LogP contribution in [0.2, 0.25) is 0 Å². The largest absolute Gasteiger partial charge is 0.240 e. The van der Waals surface area contributed by atoms with E-state index in [9.17, 15) is 8.42 Å². The van der Waals surface area contributed by atoms with E-state index in [2.05, 4.69) is 27.6 Å². The first-order chi connectivity index (χ1) is 9.51. The molecule has 1 aromatic rings. The van der Waals surface area contributed by atoms with E-state index >= 15 is 0 Å². The molecule has 0 spiro atoms. The molecule has 20 heavy (non-hydrogen) atoms. The molecule has 1 aromatic carbocycles. The van der Waals surface area contributed by atoms with Crippen LogP contribution in [0.3, 0.4) is 0 Å². The van der Waals surface area contributed by atoms with E-state index in [-0.39, 0.29) is 0 Å². The monoisotopic (exact) mass is 359 g/mol. The van der Waals surface area contributed by atoms with Crippen molar-refractivity contribution in [2.45, 2.75) is 43.9 Å². The summed E-state index contributed by atoms with van der Waals surface area (Å²) in [5.74, 6) is 1.33. The molecule has 1 aliphatic carbocycles. The molecule has 1 aliphatic rings. The van der Waals surface area contributed by atoms with Gasteiger partial charge in [0.25, 0.3) is 0 Å². The lowest BCUT2D eigenvalue weighted by Crippen LogP contribution is -2.31. The van der Waals surface area contributed by atoms with E-state index in [1.54, 1.807) is 18.2 Å². The molecule has 1 N–H and O–H groups in total. The van der Waals surface area contributed by atoms with Gasteiger partial charge in [0.2, 0.25) is 10.0 Å². The number of nitrogens with one attached hydrogen (secondary N) is 1. The summed E-state index contributed by atoms with van der Waals surface area (Å²) in [4.78, 5) is 0.328. The van der Waals surface area contributed by atoms with E-state index in [4.69, 9.17) is 0 Å². The zero-order valence-corrected chi connectivity index (χ0v) is 14.2. The van der Waals surface area contributed by atoms with E-state index in [1.807, 2.05) is 6.07 Å². The predicted molar refractivity (Wildman–Crippen MR) is 85.1 cm³/mol. The first-order valence-corrected chi connectivity index (χ1v) is 9.54.